The van der Waals surface area contributed by atoms with Crippen molar-refractivity contribution in [2.75, 3.05) is 7.11 Å². The van der Waals surface area contributed by atoms with Crippen molar-refractivity contribution in [2.24, 2.45) is 0 Å². The SMILES string of the molecule is COCc1nnc(-c2ccccc2-c2cc(C)nn2C(F)(F)F)o1. The van der Waals surface area contributed by atoms with Crippen molar-refractivity contribution in [1.82, 2.24) is 20.0 Å². The number of ether oxygens (including phenoxy) is 1. The average Bonchev–Trinajstić information content (AvgIpc) is 3.14. The van der Waals surface area contributed by atoms with Gasteiger partial charge in [-0.05, 0) is 19.1 Å². The monoisotopic (exact) mass is 338 g/mol. The molecule has 0 saturated carbocycles. The van der Waals surface area contributed by atoms with E-state index in [2.05, 4.69) is 15.3 Å². The minimum atomic E-state index is -4.63. The topological polar surface area (TPSA) is 66.0 Å². The number of hydrogen-bond donors (Lipinski definition) is 0. The third-order valence-electron chi connectivity index (χ3n) is 3.24. The van der Waals surface area contributed by atoms with Crippen LogP contribution in [0.1, 0.15) is 11.6 Å². The molecule has 3 aromatic rings. The summed E-state index contributed by atoms with van der Waals surface area (Å²) in [5, 5.41) is 11.2. The molecule has 0 unspecified atom stereocenters. The lowest BCUT2D eigenvalue weighted by Crippen LogP contribution is -2.19. The van der Waals surface area contributed by atoms with Crippen LogP contribution in [0.3, 0.4) is 0 Å². The molecule has 24 heavy (non-hydrogen) atoms. The number of methoxy groups -OCH3 is 1. The second-order valence-corrected chi connectivity index (χ2v) is 5.03. The Morgan fingerprint density at radius 2 is 1.88 bits per heavy atom. The first-order valence-electron chi connectivity index (χ1n) is 6.95. The van der Waals surface area contributed by atoms with Gasteiger partial charge < -0.3 is 9.15 Å². The maximum Gasteiger partial charge on any atom is 0.505 e. The lowest BCUT2D eigenvalue weighted by atomic mass is 10.0. The molecule has 6 nitrogen and oxygen atoms in total. The van der Waals surface area contributed by atoms with E-state index < -0.39 is 6.30 Å². The van der Waals surface area contributed by atoms with Crippen LogP contribution in [-0.2, 0) is 17.6 Å². The van der Waals surface area contributed by atoms with Gasteiger partial charge in [-0.1, -0.05) is 18.2 Å². The van der Waals surface area contributed by atoms with Gasteiger partial charge in [0.15, 0.2) is 0 Å². The van der Waals surface area contributed by atoms with Crippen LogP contribution in [0.4, 0.5) is 13.2 Å². The van der Waals surface area contributed by atoms with E-state index in [4.69, 9.17) is 9.15 Å². The molecule has 0 aliphatic rings. The van der Waals surface area contributed by atoms with Crippen molar-refractivity contribution in [3.8, 4) is 22.7 Å². The Morgan fingerprint density at radius 1 is 1.17 bits per heavy atom. The van der Waals surface area contributed by atoms with E-state index in [1.165, 1.54) is 20.1 Å². The van der Waals surface area contributed by atoms with E-state index >= 15 is 0 Å². The molecule has 0 amide bonds. The maximum absolute atomic E-state index is 13.2. The molecule has 0 radical (unpaired) electrons. The zero-order valence-electron chi connectivity index (χ0n) is 12.8. The summed E-state index contributed by atoms with van der Waals surface area (Å²) in [6.07, 6.45) is -4.63. The van der Waals surface area contributed by atoms with Crippen molar-refractivity contribution in [1.29, 1.82) is 0 Å². The van der Waals surface area contributed by atoms with E-state index in [0.717, 1.165) is 0 Å². The van der Waals surface area contributed by atoms with Crippen molar-refractivity contribution < 1.29 is 22.3 Å². The molecule has 0 saturated heterocycles. The molecular weight excluding hydrogens is 325 g/mol. The van der Waals surface area contributed by atoms with Gasteiger partial charge in [-0.25, -0.2) is 0 Å². The van der Waals surface area contributed by atoms with Crippen LogP contribution in [0.15, 0.2) is 34.7 Å². The Bertz CT molecular complexity index is 855. The zero-order valence-corrected chi connectivity index (χ0v) is 12.8. The molecule has 9 heteroatoms. The highest BCUT2D eigenvalue weighted by Crippen LogP contribution is 2.35. The summed E-state index contributed by atoms with van der Waals surface area (Å²) in [5.41, 5.74) is 0.839. The van der Waals surface area contributed by atoms with Gasteiger partial charge >= 0.3 is 6.30 Å². The standard InChI is InChI=1S/C15H13F3N4O2/c1-9-7-12(22(21-9)15(16,17)18)10-5-3-4-6-11(10)14-20-19-13(24-14)8-23-2/h3-7H,8H2,1-2H3. The highest BCUT2D eigenvalue weighted by atomic mass is 19.4. The predicted molar refractivity (Wildman–Crippen MR) is 77.7 cm³/mol. The van der Waals surface area contributed by atoms with E-state index in [1.807, 2.05) is 0 Å². The summed E-state index contributed by atoms with van der Waals surface area (Å²) in [6, 6.07) is 7.84. The Morgan fingerprint density at radius 3 is 2.54 bits per heavy atom. The summed E-state index contributed by atoms with van der Waals surface area (Å²) in [4.78, 5) is 0. The molecule has 0 fully saturated rings. The fourth-order valence-corrected chi connectivity index (χ4v) is 2.32. The van der Waals surface area contributed by atoms with Gasteiger partial charge in [0.25, 0.3) is 0 Å². The second-order valence-electron chi connectivity index (χ2n) is 5.03. The van der Waals surface area contributed by atoms with Gasteiger partial charge in [-0.15, -0.1) is 23.4 Å². The van der Waals surface area contributed by atoms with Crippen LogP contribution in [-0.4, -0.2) is 27.1 Å². The first-order chi connectivity index (χ1) is 11.4. The molecule has 0 aliphatic carbocycles. The minimum absolute atomic E-state index is 0.0353. The molecule has 3 rings (SSSR count). The van der Waals surface area contributed by atoms with Crippen LogP contribution in [0.5, 0.6) is 0 Å². The maximum atomic E-state index is 13.2. The fraction of sp³-hybridized carbons (Fsp3) is 0.267. The number of aromatic nitrogens is 4. The summed E-state index contributed by atoms with van der Waals surface area (Å²) in [7, 11) is 1.47. The third kappa shape index (κ3) is 3.02. The Labute approximate surface area is 134 Å². The van der Waals surface area contributed by atoms with Crippen LogP contribution < -0.4 is 0 Å². The summed E-state index contributed by atoms with van der Waals surface area (Å²) < 4.78 is 50.0. The van der Waals surface area contributed by atoms with Crippen LogP contribution in [0.2, 0.25) is 0 Å². The van der Waals surface area contributed by atoms with Crippen LogP contribution in [0, 0.1) is 6.92 Å². The highest BCUT2D eigenvalue weighted by molar-refractivity contribution is 5.78. The quantitative estimate of drug-likeness (QED) is 0.728. The summed E-state index contributed by atoms with van der Waals surface area (Å²) in [6.45, 7) is 1.62. The fourth-order valence-electron chi connectivity index (χ4n) is 2.32. The van der Waals surface area contributed by atoms with Crippen LogP contribution in [0.25, 0.3) is 22.7 Å². The Balaban J connectivity index is 2.14. The molecule has 0 atom stereocenters. The lowest BCUT2D eigenvalue weighted by Gasteiger charge is -2.12. The Kier molecular flexibility index (Phi) is 4.10. The number of aryl methyl sites for hydroxylation is 1. The van der Waals surface area contributed by atoms with Gasteiger partial charge in [0.2, 0.25) is 11.8 Å². The van der Waals surface area contributed by atoms with Gasteiger partial charge in [-0.3, -0.25) is 0 Å². The lowest BCUT2D eigenvalue weighted by molar-refractivity contribution is -0.211. The smallest absolute Gasteiger partial charge is 0.418 e. The zero-order chi connectivity index (χ0) is 17.3. The van der Waals surface area contributed by atoms with Gasteiger partial charge in [0.1, 0.15) is 6.61 Å². The van der Waals surface area contributed by atoms with Crippen molar-refractivity contribution in [3.05, 3.63) is 41.9 Å². The van der Waals surface area contributed by atoms with Gasteiger partial charge in [0, 0.05) is 18.2 Å². The van der Waals surface area contributed by atoms with E-state index in [-0.39, 0.29) is 34.5 Å². The molecule has 1 aromatic carbocycles. The highest BCUT2D eigenvalue weighted by Gasteiger charge is 2.35. The Hall–Kier alpha value is -2.68. The summed E-state index contributed by atoms with van der Waals surface area (Å²) in [5.74, 6) is 0.355. The molecular formula is C15H13F3N4O2. The normalized spacial score (nSPS) is 11.9. The number of nitrogens with zero attached hydrogens (tertiary/aromatic N) is 4. The molecule has 0 aliphatic heterocycles. The number of alkyl halides is 3. The molecule has 0 N–H and O–H groups in total. The molecule has 0 spiro atoms. The van der Waals surface area contributed by atoms with Crippen molar-refractivity contribution >= 4 is 0 Å². The number of rotatable bonds is 4. The predicted octanol–water partition coefficient (Wildman–Crippen LogP) is 3.53. The van der Waals surface area contributed by atoms with Gasteiger partial charge in [0.05, 0.1) is 11.4 Å². The third-order valence-corrected chi connectivity index (χ3v) is 3.24. The number of hydrogen-bond acceptors (Lipinski definition) is 5. The number of halogens is 3. The van der Waals surface area contributed by atoms with E-state index in [0.29, 0.717) is 11.1 Å². The second kappa shape index (κ2) is 6.08. The van der Waals surface area contributed by atoms with Crippen molar-refractivity contribution in [2.45, 2.75) is 19.8 Å². The average molecular weight is 338 g/mol. The molecule has 126 valence electrons. The first kappa shape index (κ1) is 16.2. The van der Waals surface area contributed by atoms with Crippen molar-refractivity contribution in [3.63, 3.8) is 0 Å². The molecule has 2 aromatic heterocycles. The number of benzene rings is 1. The summed E-state index contributed by atoms with van der Waals surface area (Å²) >= 11 is 0. The van der Waals surface area contributed by atoms with E-state index in [1.54, 1.807) is 24.3 Å². The minimum Gasteiger partial charge on any atom is -0.418 e. The van der Waals surface area contributed by atoms with E-state index in [9.17, 15) is 13.2 Å². The molecule has 0 bridgehead atoms. The molecule has 2 heterocycles. The van der Waals surface area contributed by atoms with Gasteiger partial charge in [-0.2, -0.15) is 9.78 Å². The van der Waals surface area contributed by atoms with Crippen LogP contribution >= 0.6 is 0 Å². The largest absolute Gasteiger partial charge is 0.505 e. The first-order valence-corrected chi connectivity index (χ1v) is 6.95.